The Morgan fingerprint density at radius 2 is 2.27 bits per heavy atom. The third-order valence-electron chi connectivity index (χ3n) is 2.03. The topological polar surface area (TPSA) is 92.8 Å². The van der Waals surface area contributed by atoms with Crippen LogP contribution in [0.15, 0.2) is 18.2 Å². The van der Waals surface area contributed by atoms with E-state index in [0.29, 0.717) is 5.56 Å². The number of methoxy groups -OCH3 is 1. The van der Waals surface area contributed by atoms with Crippen molar-refractivity contribution in [3.8, 4) is 5.75 Å². The molecule has 0 amide bonds. The van der Waals surface area contributed by atoms with Crippen molar-refractivity contribution in [2.45, 2.75) is 6.10 Å². The van der Waals surface area contributed by atoms with Gasteiger partial charge >= 0.3 is 5.97 Å². The number of aliphatic hydroxyl groups is 1. The number of phenolic OH excluding ortho intramolecular Hbond substituents is 1. The van der Waals surface area contributed by atoms with Crippen LogP contribution in [0.4, 0.5) is 0 Å². The second kappa shape index (κ2) is 4.77. The predicted octanol–water partition coefficient (Wildman–Crippen LogP) is 0.171. The highest BCUT2D eigenvalue weighted by atomic mass is 16.5. The van der Waals surface area contributed by atoms with Gasteiger partial charge in [0.05, 0.1) is 13.2 Å². The van der Waals surface area contributed by atoms with Gasteiger partial charge in [-0.1, -0.05) is 6.07 Å². The van der Waals surface area contributed by atoms with Gasteiger partial charge < -0.3 is 20.7 Å². The zero-order valence-electron chi connectivity index (χ0n) is 8.30. The number of hydrogen-bond acceptors (Lipinski definition) is 5. The van der Waals surface area contributed by atoms with Crippen LogP contribution in [0.25, 0.3) is 0 Å². The number of hydrogen-bond donors (Lipinski definition) is 3. The number of carbonyl (C=O) groups is 1. The summed E-state index contributed by atoms with van der Waals surface area (Å²) in [5, 5.41) is 18.8. The first kappa shape index (κ1) is 11.5. The number of rotatable bonds is 3. The van der Waals surface area contributed by atoms with Gasteiger partial charge in [0.15, 0.2) is 0 Å². The molecule has 1 aromatic rings. The van der Waals surface area contributed by atoms with Crippen LogP contribution in [0, 0.1) is 0 Å². The van der Waals surface area contributed by atoms with Crippen LogP contribution in [0.1, 0.15) is 22.0 Å². The lowest BCUT2D eigenvalue weighted by Gasteiger charge is -2.10. The largest absolute Gasteiger partial charge is 0.507 e. The summed E-state index contributed by atoms with van der Waals surface area (Å²) in [6, 6.07) is 4.18. The minimum absolute atomic E-state index is 0.0162. The number of carbonyl (C=O) groups excluding carboxylic acids is 1. The molecule has 0 saturated heterocycles. The van der Waals surface area contributed by atoms with E-state index in [1.807, 2.05) is 0 Å². The maximum Gasteiger partial charge on any atom is 0.341 e. The summed E-state index contributed by atoms with van der Waals surface area (Å²) in [4.78, 5) is 11.2. The number of esters is 1. The summed E-state index contributed by atoms with van der Waals surface area (Å²) in [7, 11) is 1.22. The molecule has 0 radical (unpaired) electrons. The van der Waals surface area contributed by atoms with Crippen molar-refractivity contribution in [3.63, 3.8) is 0 Å². The Labute approximate surface area is 87.1 Å². The Balaban J connectivity index is 3.10. The highest BCUT2D eigenvalue weighted by molar-refractivity contribution is 5.92. The number of phenols is 1. The molecule has 82 valence electrons. The number of aliphatic hydroxyl groups excluding tert-OH is 1. The van der Waals surface area contributed by atoms with Gasteiger partial charge in [0.2, 0.25) is 0 Å². The van der Waals surface area contributed by atoms with Gasteiger partial charge in [-0.3, -0.25) is 0 Å². The molecule has 0 heterocycles. The number of aromatic hydroxyl groups is 1. The minimum atomic E-state index is -0.853. The van der Waals surface area contributed by atoms with Gasteiger partial charge in [-0.2, -0.15) is 0 Å². The highest BCUT2D eigenvalue weighted by Gasteiger charge is 2.14. The molecule has 1 atom stereocenters. The minimum Gasteiger partial charge on any atom is -0.507 e. The van der Waals surface area contributed by atoms with Crippen molar-refractivity contribution < 1.29 is 19.7 Å². The zero-order valence-corrected chi connectivity index (χ0v) is 8.30. The Hall–Kier alpha value is -1.59. The standard InChI is InChI=1S/C10H13NO4/c1-15-10(14)7-4-6(9(13)5-11)2-3-8(7)12/h2-4,9,12-13H,5,11H2,1H3/t9-/m1/s1. The number of benzene rings is 1. The summed E-state index contributed by atoms with van der Waals surface area (Å²) < 4.78 is 4.47. The average Bonchev–Trinajstić information content (AvgIpc) is 2.27. The van der Waals surface area contributed by atoms with E-state index in [9.17, 15) is 15.0 Å². The summed E-state index contributed by atoms with van der Waals surface area (Å²) >= 11 is 0. The predicted molar refractivity (Wildman–Crippen MR) is 53.5 cm³/mol. The number of ether oxygens (including phenoxy) is 1. The van der Waals surface area contributed by atoms with Gasteiger partial charge in [-0.05, 0) is 17.7 Å². The van der Waals surface area contributed by atoms with E-state index in [0.717, 1.165) is 0 Å². The molecule has 0 aliphatic carbocycles. The van der Waals surface area contributed by atoms with E-state index in [2.05, 4.69) is 4.74 Å². The molecule has 0 aromatic heterocycles. The molecule has 5 heteroatoms. The second-order valence-corrected chi connectivity index (χ2v) is 3.02. The van der Waals surface area contributed by atoms with Crippen molar-refractivity contribution in [1.29, 1.82) is 0 Å². The number of nitrogens with two attached hydrogens (primary N) is 1. The van der Waals surface area contributed by atoms with Crippen LogP contribution >= 0.6 is 0 Å². The second-order valence-electron chi connectivity index (χ2n) is 3.02. The molecular weight excluding hydrogens is 198 g/mol. The van der Waals surface area contributed by atoms with E-state index in [-0.39, 0.29) is 17.9 Å². The van der Waals surface area contributed by atoms with Gasteiger partial charge in [-0.25, -0.2) is 4.79 Å². The lowest BCUT2D eigenvalue weighted by Crippen LogP contribution is -2.12. The molecule has 0 aliphatic heterocycles. The Bertz CT molecular complexity index is 364. The van der Waals surface area contributed by atoms with Crippen molar-refractivity contribution >= 4 is 5.97 Å². The Morgan fingerprint density at radius 1 is 1.60 bits per heavy atom. The van der Waals surface area contributed by atoms with Gasteiger partial charge in [0, 0.05) is 6.54 Å². The summed E-state index contributed by atoms with van der Waals surface area (Å²) in [6.45, 7) is 0.0470. The molecule has 0 fully saturated rings. The maximum absolute atomic E-state index is 11.2. The SMILES string of the molecule is COC(=O)c1cc([C@H](O)CN)ccc1O. The highest BCUT2D eigenvalue weighted by Crippen LogP contribution is 2.22. The first-order valence-corrected chi connectivity index (χ1v) is 4.39. The molecule has 15 heavy (non-hydrogen) atoms. The van der Waals surface area contributed by atoms with Crippen LogP contribution in [-0.2, 0) is 4.74 Å². The fourth-order valence-electron chi connectivity index (χ4n) is 1.17. The van der Waals surface area contributed by atoms with E-state index < -0.39 is 12.1 Å². The molecule has 1 rings (SSSR count). The molecule has 1 aromatic carbocycles. The first-order valence-electron chi connectivity index (χ1n) is 4.39. The van der Waals surface area contributed by atoms with Crippen LogP contribution in [0.3, 0.4) is 0 Å². The molecular formula is C10H13NO4. The van der Waals surface area contributed by atoms with Crippen molar-refractivity contribution in [3.05, 3.63) is 29.3 Å². The molecule has 0 unspecified atom stereocenters. The molecule has 5 nitrogen and oxygen atoms in total. The third-order valence-corrected chi connectivity index (χ3v) is 2.03. The molecule has 4 N–H and O–H groups in total. The van der Waals surface area contributed by atoms with E-state index >= 15 is 0 Å². The monoisotopic (exact) mass is 211 g/mol. The first-order chi connectivity index (χ1) is 7.10. The maximum atomic E-state index is 11.2. The van der Waals surface area contributed by atoms with Gasteiger partial charge in [0.1, 0.15) is 11.3 Å². The molecule has 0 aliphatic rings. The van der Waals surface area contributed by atoms with Crippen molar-refractivity contribution in [2.75, 3.05) is 13.7 Å². The third kappa shape index (κ3) is 2.45. The van der Waals surface area contributed by atoms with Crippen LogP contribution in [0.5, 0.6) is 5.75 Å². The Kier molecular flexibility index (Phi) is 3.65. The van der Waals surface area contributed by atoms with Crippen molar-refractivity contribution in [2.24, 2.45) is 5.73 Å². The average molecular weight is 211 g/mol. The van der Waals surface area contributed by atoms with Crippen LogP contribution in [0.2, 0.25) is 0 Å². The zero-order chi connectivity index (χ0) is 11.4. The lowest BCUT2D eigenvalue weighted by atomic mass is 10.1. The molecule has 0 spiro atoms. The van der Waals surface area contributed by atoms with Crippen LogP contribution < -0.4 is 5.73 Å². The van der Waals surface area contributed by atoms with Gasteiger partial charge in [0.25, 0.3) is 0 Å². The smallest absolute Gasteiger partial charge is 0.341 e. The fraction of sp³-hybridized carbons (Fsp3) is 0.300. The lowest BCUT2D eigenvalue weighted by molar-refractivity contribution is 0.0597. The van der Waals surface area contributed by atoms with E-state index in [4.69, 9.17) is 5.73 Å². The van der Waals surface area contributed by atoms with E-state index in [1.54, 1.807) is 0 Å². The Morgan fingerprint density at radius 3 is 2.80 bits per heavy atom. The van der Waals surface area contributed by atoms with Gasteiger partial charge in [-0.15, -0.1) is 0 Å². The van der Waals surface area contributed by atoms with Crippen LogP contribution in [-0.4, -0.2) is 29.8 Å². The fourth-order valence-corrected chi connectivity index (χ4v) is 1.17. The summed E-state index contributed by atoms with van der Waals surface area (Å²) in [5.74, 6) is -0.839. The quantitative estimate of drug-likeness (QED) is 0.620. The molecule has 0 saturated carbocycles. The normalized spacial score (nSPS) is 12.2. The van der Waals surface area contributed by atoms with Crippen molar-refractivity contribution in [1.82, 2.24) is 0 Å². The summed E-state index contributed by atoms with van der Waals surface area (Å²) in [5.41, 5.74) is 5.76. The summed E-state index contributed by atoms with van der Waals surface area (Å²) in [6.07, 6.45) is -0.853. The molecule has 0 bridgehead atoms. The van der Waals surface area contributed by atoms with E-state index in [1.165, 1.54) is 25.3 Å².